The fourth-order valence-corrected chi connectivity index (χ4v) is 3.02. The van der Waals surface area contributed by atoms with E-state index in [0.717, 1.165) is 12.8 Å². The van der Waals surface area contributed by atoms with Gasteiger partial charge in [-0.25, -0.2) is 0 Å². The topological polar surface area (TPSA) is 81.6 Å². The third kappa shape index (κ3) is 3.83. The molecule has 0 aliphatic carbocycles. The Morgan fingerprint density at radius 1 is 1.33 bits per heavy atom. The zero-order valence-corrected chi connectivity index (χ0v) is 14.4. The number of benzene rings is 1. The molecule has 1 aromatic carbocycles. The lowest BCUT2D eigenvalue weighted by Gasteiger charge is -2.29. The molecular weight excluding hydrogens is 353 g/mol. The Morgan fingerprint density at radius 2 is 2.00 bits per heavy atom. The lowest BCUT2D eigenvalue weighted by Crippen LogP contribution is -2.42. The van der Waals surface area contributed by atoms with Gasteiger partial charge in [0.25, 0.3) is 5.91 Å². The number of aromatic nitrogens is 1. The number of para-hydroxylation sites is 1. The van der Waals surface area contributed by atoms with Crippen LogP contribution in [0.15, 0.2) is 28.8 Å². The summed E-state index contributed by atoms with van der Waals surface area (Å²) in [6, 6.07) is 6.82. The quantitative estimate of drug-likeness (QED) is 0.894. The molecule has 24 heavy (non-hydrogen) atoms. The summed E-state index contributed by atoms with van der Waals surface area (Å²) < 4.78 is 10.7. The molecule has 1 aliphatic heterocycles. The van der Waals surface area contributed by atoms with Crippen molar-refractivity contribution in [3.63, 3.8) is 0 Å². The molecule has 0 unspecified atom stereocenters. The van der Waals surface area contributed by atoms with Crippen LogP contribution in [-0.2, 0) is 6.61 Å². The third-order valence-electron chi connectivity index (χ3n) is 3.88. The Bertz CT molecular complexity index is 707. The maximum absolute atomic E-state index is 12.4. The number of nitrogens with two attached hydrogens (primary N) is 1. The summed E-state index contributed by atoms with van der Waals surface area (Å²) in [5.41, 5.74) is 6.11. The van der Waals surface area contributed by atoms with Gasteiger partial charge in [-0.15, -0.1) is 0 Å². The first-order chi connectivity index (χ1) is 11.5. The highest BCUT2D eigenvalue weighted by molar-refractivity contribution is 6.37. The monoisotopic (exact) mass is 369 g/mol. The van der Waals surface area contributed by atoms with E-state index in [1.165, 1.54) is 0 Å². The minimum absolute atomic E-state index is 0.0780. The largest absolute Gasteiger partial charge is 0.482 e. The lowest BCUT2D eigenvalue weighted by molar-refractivity contribution is 0.0704. The van der Waals surface area contributed by atoms with Crippen LogP contribution >= 0.6 is 23.2 Å². The molecule has 8 heteroatoms. The number of amides is 1. The van der Waals surface area contributed by atoms with Crippen molar-refractivity contribution in [2.45, 2.75) is 25.5 Å². The summed E-state index contributed by atoms with van der Waals surface area (Å²) in [4.78, 5) is 14.1. The zero-order valence-electron chi connectivity index (χ0n) is 12.9. The molecule has 3 rings (SSSR count). The molecule has 1 amide bonds. The standard InChI is InChI=1S/C16H17Cl2N3O3/c17-12-2-1-3-13(18)15(12)23-9-11-8-14(20-24-11)16(22)21-6-4-10(19)5-7-21/h1-3,8,10H,4-7,9,19H2. The van der Waals surface area contributed by atoms with Crippen LogP contribution < -0.4 is 10.5 Å². The molecule has 2 N–H and O–H groups in total. The lowest BCUT2D eigenvalue weighted by atomic mass is 10.1. The number of hydrogen-bond donors (Lipinski definition) is 1. The van der Waals surface area contributed by atoms with E-state index in [1.54, 1.807) is 29.2 Å². The normalized spacial score (nSPS) is 15.5. The summed E-state index contributed by atoms with van der Waals surface area (Å²) in [6.45, 7) is 1.34. The van der Waals surface area contributed by atoms with Crippen LogP contribution in [0.3, 0.4) is 0 Å². The van der Waals surface area contributed by atoms with Gasteiger partial charge in [0.1, 0.15) is 6.61 Å². The van der Waals surface area contributed by atoms with Gasteiger partial charge in [0.15, 0.2) is 17.2 Å². The predicted octanol–water partition coefficient (Wildman–Crippen LogP) is 3.12. The number of likely N-dealkylation sites (tertiary alicyclic amines) is 1. The van der Waals surface area contributed by atoms with Crippen molar-refractivity contribution in [3.05, 3.63) is 45.8 Å². The molecule has 0 atom stereocenters. The molecule has 0 bridgehead atoms. The molecule has 1 aliphatic rings. The maximum atomic E-state index is 12.4. The Morgan fingerprint density at radius 3 is 2.67 bits per heavy atom. The van der Waals surface area contributed by atoms with Crippen LogP contribution in [0.25, 0.3) is 0 Å². The van der Waals surface area contributed by atoms with Crippen molar-refractivity contribution in [3.8, 4) is 5.75 Å². The molecule has 2 heterocycles. The zero-order chi connectivity index (χ0) is 17.1. The average molecular weight is 370 g/mol. The van der Waals surface area contributed by atoms with E-state index in [9.17, 15) is 4.79 Å². The highest BCUT2D eigenvalue weighted by Crippen LogP contribution is 2.32. The van der Waals surface area contributed by atoms with Crippen molar-refractivity contribution in [2.75, 3.05) is 13.1 Å². The minimum Gasteiger partial charge on any atom is -0.482 e. The second-order valence-corrected chi connectivity index (χ2v) is 6.46. The Hall–Kier alpha value is -1.76. The first kappa shape index (κ1) is 17.1. The van der Waals surface area contributed by atoms with E-state index in [2.05, 4.69) is 5.16 Å². The number of ether oxygens (including phenoxy) is 1. The fourth-order valence-electron chi connectivity index (χ4n) is 2.51. The number of nitrogens with zero attached hydrogens (tertiary/aromatic N) is 2. The van der Waals surface area contributed by atoms with Gasteiger partial charge in [0.2, 0.25) is 0 Å². The Kier molecular flexibility index (Phi) is 5.28. The molecule has 1 aromatic heterocycles. The van der Waals surface area contributed by atoms with Gasteiger partial charge < -0.3 is 19.9 Å². The van der Waals surface area contributed by atoms with Gasteiger partial charge in [0, 0.05) is 25.2 Å². The SMILES string of the molecule is NC1CCN(C(=O)c2cc(COc3c(Cl)cccc3Cl)on2)CC1. The van der Waals surface area contributed by atoms with Crippen LogP contribution in [0, 0.1) is 0 Å². The van der Waals surface area contributed by atoms with Gasteiger partial charge >= 0.3 is 0 Å². The predicted molar refractivity (Wildman–Crippen MR) is 90.4 cm³/mol. The summed E-state index contributed by atoms with van der Waals surface area (Å²) in [7, 11) is 0. The number of hydrogen-bond acceptors (Lipinski definition) is 5. The van der Waals surface area contributed by atoms with Gasteiger partial charge in [-0.3, -0.25) is 4.79 Å². The number of halogens is 2. The molecule has 0 saturated carbocycles. The highest BCUT2D eigenvalue weighted by Gasteiger charge is 2.24. The van der Waals surface area contributed by atoms with Crippen LogP contribution in [0.2, 0.25) is 10.0 Å². The number of piperidine rings is 1. The smallest absolute Gasteiger partial charge is 0.276 e. The summed E-state index contributed by atoms with van der Waals surface area (Å²) in [5, 5.41) is 4.64. The Balaban J connectivity index is 1.62. The van der Waals surface area contributed by atoms with Gasteiger partial charge in [-0.1, -0.05) is 34.4 Å². The van der Waals surface area contributed by atoms with Crippen molar-refractivity contribution in [2.24, 2.45) is 5.73 Å². The summed E-state index contributed by atoms with van der Waals surface area (Å²) in [5.74, 6) is 0.630. The summed E-state index contributed by atoms with van der Waals surface area (Å²) >= 11 is 12.1. The van der Waals surface area contributed by atoms with Gasteiger partial charge in [-0.05, 0) is 25.0 Å². The van der Waals surface area contributed by atoms with Crippen molar-refractivity contribution >= 4 is 29.1 Å². The fraction of sp³-hybridized carbons (Fsp3) is 0.375. The Labute approximate surface area is 149 Å². The van der Waals surface area contributed by atoms with Crippen molar-refractivity contribution in [1.29, 1.82) is 0 Å². The van der Waals surface area contributed by atoms with Crippen molar-refractivity contribution in [1.82, 2.24) is 10.1 Å². The molecule has 0 radical (unpaired) electrons. The third-order valence-corrected chi connectivity index (χ3v) is 4.48. The second kappa shape index (κ2) is 7.42. The summed E-state index contributed by atoms with van der Waals surface area (Å²) in [6.07, 6.45) is 1.59. The van der Waals surface area contributed by atoms with Crippen LogP contribution in [-0.4, -0.2) is 35.1 Å². The van der Waals surface area contributed by atoms with E-state index in [-0.39, 0.29) is 24.2 Å². The average Bonchev–Trinajstić information content (AvgIpc) is 3.03. The van der Waals surface area contributed by atoms with E-state index in [1.807, 2.05) is 0 Å². The molecule has 0 spiro atoms. The van der Waals surface area contributed by atoms with Crippen molar-refractivity contribution < 1.29 is 14.1 Å². The molecule has 2 aromatic rings. The molecule has 1 saturated heterocycles. The van der Waals surface area contributed by atoms with E-state index in [4.69, 9.17) is 38.2 Å². The first-order valence-electron chi connectivity index (χ1n) is 7.62. The molecule has 128 valence electrons. The first-order valence-corrected chi connectivity index (χ1v) is 8.37. The molecular formula is C16H17Cl2N3O3. The minimum atomic E-state index is -0.160. The number of rotatable bonds is 4. The van der Waals surface area contributed by atoms with Crippen LogP contribution in [0.1, 0.15) is 29.1 Å². The van der Waals surface area contributed by atoms with E-state index < -0.39 is 0 Å². The second-order valence-electron chi connectivity index (χ2n) is 5.65. The maximum Gasteiger partial charge on any atom is 0.276 e. The number of carbonyl (C=O) groups is 1. The van der Waals surface area contributed by atoms with Gasteiger partial charge in [0.05, 0.1) is 10.0 Å². The number of carbonyl (C=O) groups excluding carboxylic acids is 1. The molecule has 1 fully saturated rings. The molecule has 6 nitrogen and oxygen atoms in total. The van der Waals surface area contributed by atoms with E-state index in [0.29, 0.717) is 34.6 Å². The van der Waals surface area contributed by atoms with E-state index >= 15 is 0 Å². The van der Waals surface area contributed by atoms with Crippen LogP contribution in [0.4, 0.5) is 0 Å². The van der Waals surface area contributed by atoms with Crippen LogP contribution in [0.5, 0.6) is 5.75 Å². The highest BCUT2D eigenvalue weighted by atomic mass is 35.5. The van der Waals surface area contributed by atoms with Gasteiger partial charge in [-0.2, -0.15) is 0 Å².